The summed E-state index contributed by atoms with van der Waals surface area (Å²) in [5.74, 6) is -1.16. The summed E-state index contributed by atoms with van der Waals surface area (Å²) in [5.41, 5.74) is -0.0775. The van der Waals surface area contributed by atoms with Gasteiger partial charge in [0.2, 0.25) is 0 Å². The van der Waals surface area contributed by atoms with Crippen molar-refractivity contribution >= 4 is 11.9 Å². The molecule has 0 saturated carbocycles. The summed E-state index contributed by atoms with van der Waals surface area (Å²) in [4.78, 5) is 19.8. The Morgan fingerprint density at radius 1 is 1.07 bits per heavy atom. The average Bonchev–Trinajstić information content (AvgIpc) is 1.76. The van der Waals surface area contributed by atoms with Crippen molar-refractivity contribution in [3.05, 3.63) is 0 Å². The van der Waals surface area contributed by atoms with Gasteiger partial charge >= 0.3 is 11.9 Å². The maximum Gasteiger partial charge on any atom is 0.303 e. The summed E-state index contributed by atoms with van der Waals surface area (Å²) in [6.07, 6.45) is 0.521. The Bertz CT molecular complexity index is 201. The van der Waals surface area contributed by atoms with Crippen LogP contribution in [0.15, 0.2) is 0 Å². The molecule has 0 saturated heterocycles. The molecule has 0 aromatic rings. The molecule has 0 aliphatic heterocycles. The Morgan fingerprint density at radius 3 is 1.47 bits per heavy atom. The van der Waals surface area contributed by atoms with Crippen LogP contribution in [0.3, 0.4) is 0 Å². The van der Waals surface area contributed by atoms with Gasteiger partial charge in [0.25, 0.3) is 0 Å². The van der Waals surface area contributed by atoms with Gasteiger partial charge in [-0.25, -0.2) is 0 Å². The normalized spacial score (nSPS) is 10.5. The smallest absolute Gasteiger partial charge is 0.303 e. The van der Waals surface area contributed by atoms with Gasteiger partial charge in [0.1, 0.15) is 0 Å². The van der Waals surface area contributed by atoms with Gasteiger partial charge in [0.05, 0.1) is 6.42 Å². The lowest BCUT2D eigenvalue weighted by atomic mass is 9.93. The molecule has 0 fully saturated rings. The van der Waals surface area contributed by atoms with Crippen LogP contribution in [0, 0.1) is 11.3 Å². The zero-order valence-corrected chi connectivity index (χ0v) is 10.2. The SMILES string of the molecule is CC(C)(C)CC(=O)O.CC(C)CC(=O)O. The van der Waals surface area contributed by atoms with E-state index >= 15 is 0 Å². The third-order valence-electron chi connectivity index (χ3n) is 1.26. The largest absolute Gasteiger partial charge is 0.481 e. The highest BCUT2D eigenvalue weighted by atomic mass is 16.4. The quantitative estimate of drug-likeness (QED) is 0.763. The molecule has 0 aromatic carbocycles. The van der Waals surface area contributed by atoms with Gasteiger partial charge in [0, 0.05) is 6.42 Å². The van der Waals surface area contributed by atoms with Crippen molar-refractivity contribution in [1.29, 1.82) is 0 Å². The second kappa shape index (κ2) is 7.26. The van der Waals surface area contributed by atoms with Gasteiger partial charge < -0.3 is 10.2 Å². The first-order valence-corrected chi connectivity index (χ1v) is 4.98. The fourth-order valence-corrected chi connectivity index (χ4v) is 0.803. The molecule has 0 spiro atoms. The van der Waals surface area contributed by atoms with Crippen LogP contribution in [0.2, 0.25) is 0 Å². The van der Waals surface area contributed by atoms with E-state index in [1.807, 2.05) is 34.6 Å². The van der Waals surface area contributed by atoms with Crippen LogP contribution in [0.4, 0.5) is 0 Å². The predicted molar refractivity (Wildman–Crippen MR) is 58.8 cm³/mol. The molecule has 0 aliphatic rings. The molecular formula is C11H22O4. The van der Waals surface area contributed by atoms with E-state index in [-0.39, 0.29) is 24.2 Å². The Kier molecular flexibility index (Phi) is 7.92. The molecule has 0 aromatic heterocycles. The molecule has 0 aliphatic carbocycles. The van der Waals surface area contributed by atoms with Gasteiger partial charge in [-0.3, -0.25) is 9.59 Å². The van der Waals surface area contributed by atoms with Crippen LogP contribution in [0.25, 0.3) is 0 Å². The lowest BCUT2D eigenvalue weighted by Gasteiger charge is -2.13. The van der Waals surface area contributed by atoms with Crippen molar-refractivity contribution in [2.24, 2.45) is 11.3 Å². The van der Waals surface area contributed by atoms with Crippen molar-refractivity contribution in [3.63, 3.8) is 0 Å². The summed E-state index contributed by atoms with van der Waals surface area (Å²) in [6, 6.07) is 0. The molecule has 0 atom stereocenters. The third-order valence-corrected chi connectivity index (χ3v) is 1.26. The van der Waals surface area contributed by atoms with Crippen LogP contribution < -0.4 is 0 Å². The van der Waals surface area contributed by atoms with E-state index in [1.54, 1.807) is 0 Å². The molecular weight excluding hydrogens is 196 g/mol. The Hall–Kier alpha value is -1.06. The lowest BCUT2D eigenvalue weighted by molar-refractivity contribution is -0.139. The van der Waals surface area contributed by atoms with E-state index in [4.69, 9.17) is 10.2 Å². The first-order chi connectivity index (χ1) is 6.54. The van der Waals surface area contributed by atoms with Gasteiger partial charge in [0.15, 0.2) is 0 Å². The number of carbonyl (C=O) groups is 2. The van der Waals surface area contributed by atoms with Crippen LogP contribution in [0.5, 0.6) is 0 Å². The molecule has 2 N–H and O–H groups in total. The number of hydrogen-bond acceptors (Lipinski definition) is 2. The summed E-state index contributed by atoms with van der Waals surface area (Å²) in [7, 11) is 0. The Balaban J connectivity index is 0. The summed E-state index contributed by atoms with van der Waals surface area (Å²) in [5, 5.41) is 16.3. The molecule has 90 valence electrons. The average molecular weight is 218 g/mol. The minimum Gasteiger partial charge on any atom is -0.481 e. The van der Waals surface area contributed by atoms with E-state index < -0.39 is 11.9 Å². The van der Waals surface area contributed by atoms with Crippen molar-refractivity contribution in [1.82, 2.24) is 0 Å². The molecule has 0 unspecified atom stereocenters. The van der Waals surface area contributed by atoms with Crippen LogP contribution in [0.1, 0.15) is 47.5 Å². The minimum absolute atomic E-state index is 0.0775. The zero-order valence-electron chi connectivity index (χ0n) is 10.2. The molecule has 15 heavy (non-hydrogen) atoms. The van der Waals surface area contributed by atoms with Gasteiger partial charge in [-0.05, 0) is 11.3 Å². The van der Waals surface area contributed by atoms with Crippen LogP contribution in [-0.4, -0.2) is 22.2 Å². The topological polar surface area (TPSA) is 74.6 Å². The second-order valence-corrected chi connectivity index (χ2v) is 5.12. The lowest BCUT2D eigenvalue weighted by Crippen LogP contribution is -2.11. The summed E-state index contributed by atoms with van der Waals surface area (Å²) >= 11 is 0. The molecule has 0 rings (SSSR count). The van der Waals surface area contributed by atoms with Gasteiger partial charge in [-0.1, -0.05) is 34.6 Å². The van der Waals surface area contributed by atoms with Crippen LogP contribution in [-0.2, 0) is 9.59 Å². The highest BCUT2D eigenvalue weighted by Crippen LogP contribution is 2.17. The van der Waals surface area contributed by atoms with Crippen LogP contribution >= 0.6 is 0 Å². The number of carboxylic acid groups (broad SMARTS) is 2. The number of aliphatic carboxylic acids is 2. The third kappa shape index (κ3) is 24.6. The standard InChI is InChI=1S/C6H12O2.C5H10O2/c1-6(2,3)4-5(7)8;1-4(2)3-5(6)7/h4H2,1-3H3,(H,7,8);4H,3H2,1-2H3,(H,6,7). The van der Waals surface area contributed by atoms with Gasteiger partial charge in [-0.2, -0.15) is 0 Å². The Labute approximate surface area is 91.3 Å². The monoisotopic (exact) mass is 218 g/mol. The zero-order chi connectivity index (χ0) is 12.6. The number of hydrogen-bond donors (Lipinski definition) is 2. The highest BCUT2D eigenvalue weighted by Gasteiger charge is 2.13. The highest BCUT2D eigenvalue weighted by molar-refractivity contribution is 5.67. The molecule has 0 amide bonds. The fraction of sp³-hybridized carbons (Fsp3) is 0.818. The second-order valence-electron chi connectivity index (χ2n) is 5.12. The van der Waals surface area contributed by atoms with Crippen molar-refractivity contribution in [2.45, 2.75) is 47.5 Å². The predicted octanol–water partition coefficient (Wildman–Crippen LogP) is 2.62. The number of rotatable bonds is 3. The van der Waals surface area contributed by atoms with Crippen molar-refractivity contribution in [2.75, 3.05) is 0 Å². The first kappa shape index (κ1) is 16.4. The molecule has 0 radical (unpaired) electrons. The maximum atomic E-state index is 10.0. The minimum atomic E-state index is -0.725. The van der Waals surface area contributed by atoms with E-state index in [0.717, 1.165) is 0 Å². The number of carboxylic acids is 2. The maximum absolute atomic E-state index is 10.0. The van der Waals surface area contributed by atoms with Crippen molar-refractivity contribution in [3.8, 4) is 0 Å². The fourth-order valence-electron chi connectivity index (χ4n) is 0.803. The van der Waals surface area contributed by atoms with E-state index in [0.29, 0.717) is 0 Å². The van der Waals surface area contributed by atoms with E-state index in [2.05, 4.69) is 0 Å². The Morgan fingerprint density at radius 2 is 1.47 bits per heavy atom. The summed E-state index contributed by atoms with van der Waals surface area (Å²) in [6.45, 7) is 9.48. The van der Waals surface area contributed by atoms with Crippen molar-refractivity contribution < 1.29 is 19.8 Å². The molecule has 4 nitrogen and oxygen atoms in total. The molecule has 4 heteroatoms. The molecule has 0 heterocycles. The van der Waals surface area contributed by atoms with E-state index in [1.165, 1.54) is 0 Å². The first-order valence-electron chi connectivity index (χ1n) is 4.98. The summed E-state index contributed by atoms with van der Waals surface area (Å²) < 4.78 is 0. The van der Waals surface area contributed by atoms with Gasteiger partial charge in [-0.15, -0.1) is 0 Å². The van der Waals surface area contributed by atoms with E-state index in [9.17, 15) is 9.59 Å². The molecule has 0 bridgehead atoms.